The number of nitriles is 1. The number of nitrogens with zero attached hydrogens (tertiary/aromatic N) is 3. The van der Waals surface area contributed by atoms with Crippen LogP contribution >= 0.6 is 0 Å². The van der Waals surface area contributed by atoms with E-state index in [9.17, 15) is 20.2 Å². The first-order chi connectivity index (χ1) is 9.62. The summed E-state index contributed by atoms with van der Waals surface area (Å²) in [5.74, 6) is -0.138. The normalized spacial score (nSPS) is 21.1. The number of rotatable bonds is 3. The van der Waals surface area contributed by atoms with Gasteiger partial charge in [0.15, 0.2) is 0 Å². The first-order valence-electron chi connectivity index (χ1n) is 6.61. The first-order valence-corrected chi connectivity index (χ1v) is 6.61. The van der Waals surface area contributed by atoms with Gasteiger partial charge in [-0.05, 0) is 38.8 Å². The van der Waals surface area contributed by atoms with E-state index in [1.54, 1.807) is 33.9 Å². The van der Waals surface area contributed by atoms with E-state index in [0.717, 1.165) is 0 Å². The zero-order valence-electron chi connectivity index (χ0n) is 12.5. The molecule has 110 valence electrons. The van der Waals surface area contributed by atoms with Gasteiger partial charge >= 0.3 is 0 Å². The largest absolute Gasteiger partial charge is 0.314 e. The van der Waals surface area contributed by atoms with Crippen molar-refractivity contribution in [3.63, 3.8) is 0 Å². The first kappa shape index (κ1) is 15.0. The number of benzene rings is 1. The predicted molar refractivity (Wildman–Crippen MR) is 77.9 cm³/mol. The second-order valence-corrected chi connectivity index (χ2v) is 6.33. The van der Waals surface area contributed by atoms with Crippen LogP contribution < -0.4 is 4.90 Å². The molecule has 0 unspecified atom stereocenters. The molecule has 1 atom stereocenters. The lowest BCUT2D eigenvalue weighted by atomic mass is 9.71. The van der Waals surface area contributed by atoms with Crippen molar-refractivity contribution in [3.8, 4) is 6.07 Å². The minimum absolute atomic E-state index is 0.0437. The van der Waals surface area contributed by atoms with Gasteiger partial charge in [-0.3, -0.25) is 14.9 Å². The quantitative estimate of drug-likeness (QED) is 0.631. The maximum Gasteiger partial charge on any atom is 0.269 e. The highest BCUT2D eigenvalue weighted by Gasteiger charge is 2.49. The van der Waals surface area contributed by atoms with Crippen LogP contribution in [0.4, 0.5) is 11.4 Å². The van der Waals surface area contributed by atoms with Crippen LogP contribution in [0.15, 0.2) is 18.2 Å². The van der Waals surface area contributed by atoms with E-state index in [-0.39, 0.29) is 11.6 Å². The number of fused-ring (bicyclic) bond motifs is 1. The molecule has 0 saturated heterocycles. The molecule has 0 spiro atoms. The number of nitro groups is 1. The molecule has 1 amide bonds. The summed E-state index contributed by atoms with van der Waals surface area (Å²) >= 11 is 0. The Morgan fingerprint density at radius 2 is 2.10 bits per heavy atom. The number of nitro benzene ring substituents is 1. The summed E-state index contributed by atoms with van der Waals surface area (Å²) in [4.78, 5) is 24.6. The molecule has 0 N–H and O–H groups in total. The fourth-order valence-electron chi connectivity index (χ4n) is 3.06. The fraction of sp³-hybridized carbons (Fsp3) is 0.467. The molecule has 1 aromatic rings. The van der Waals surface area contributed by atoms with Gasteiger partial charge in [0, 0.05) is 24.9 Å². The maximum atomic E-state index is 12.6. The van der Waals surface area contributed by atoms with E-state index in [1.165, 1.54) is 17.0 Å². The molecule has 0 aromatic heterocycles. The molecule has 0 saturated carbocycles. The number of amides is 1. The van der Waals surface area contributed by atoms with Gasteiger partial charge in [-0.1, -0.05) is 0 Å². The number of likely N-dealkylation sites (N-methyl/N-ethyl adjacent to an activating group) is 1. The van der Waals surface area contributed by atoms with Gasteiger partial charge in [-0.25, -0.2) is 0 Å². The van der Waals surface area contributed by atoms with Crippen molar-refractivity contribution >= 4 is 17.3 Å². The van der Waals surface area contributed by atoms with E-state index in [1.807, 2.05) is 0 Å². The summed E-state index contributed by atoms with van der Waals surface area (Å²) in [7, 11) is 1.65. The molecule has 0 aliphatic carbocycles. The van der Waals surface area contributed by atoms with Gasteiger partial charge in [-0.15, -0.1) is 0 Å². The van der Waals surface area contributed by atoms with Gasteiger partial charge in [0.1, 0.15) is 0 Å². The lowest BCUT2D eigenvalue weighted by Gasteiger charge is -2.29. The SMILES string of the molecule is CN1C(=O)[C@@](C)(CC(C)(C)C#N)c2cc([N+](=O)[O-])ccc21. The number of carbonyl (C=O) groups is 1. The van der Waals surface area contributed by atoms with Crippen molar-refractivity contribution in [1.82, 2.24) is 0 Å². The van der Waals surface area contributed by atoms with E-state index in [4.69, 9.17) is 0 Å². The van der Waals surface area contributed by atoms with Crippen LogP contribution in [-0.2, 0) is 10.2 Å². The van der Waals surface area contributed by atoms with Crippen molar-refractivity contribution in [2.75, 3.05) is 11.9 Å². The Balaban J connectivity index is 2.60. The number of carbonyl (C=O) groups excluding carboxylic acids is 1. The molecule has 6 nitrogen and oxygen atoms in total. The number of hydrogen-bond donors (Lipinski definition) is 0. The Morgan fingerprint density at radius 3 is 2.62 bits per heavy atom. The zero-order valence-corrected chi connectivity index (χ0v) is 12.5. The molecular weight excluding hydrogens is 270 g/mol. The van der Waals surface area contributed by atoms with Gasteiger partial charge in [-0.2, -0.15) is 5.26 Å². The second kappa shape index (κ2) is 4.55. The van der Waals surface area contributed by atoms with Gasteiger partial charge in [0.2, 0.25) is 5.91 Å². The summed E-state index contributed by atoms with van der Waals surface area (Å²) in [5.41, 5.74) is -0.375. The third kappa shape index (κ3) is 2.25. The van der Waals surface area contributed by atoms with Crippen LogP contribution in [0.2, 0.25) is 0 Å². The average Bonchev–Trinajstić information content (AvgIpc) is 2.60. The van der Waals surface area contributed by atoms with Crippen molar-refractivity contribution in [2.45, 2.75) is 32.6 Å². The topological polar surface area (TPSA) is 87.2 Å². The molecule has 0 fully saturated rings. The number of anilines is 1. The summed E-state index contributed by atoms with van der Waals surface area (Å²) in [6.45, 7) is 5.28. The maximum absolute atomic E-state index is 12.6. The monoisotopic (exact) mass is 287 g/mol. The third-order valence-corrected chi connectivity index (χ3v) is 4.02. The molecular formula is C15H17N3O3. The molecule has 1 aliphatic heterocycles. The summed E-state index contributed by atoms with van der Waals surface area (Å²) in [6, 6.07) is 6.63. The highest BCUT2D eigenvalue weighted by atomic mass is 16.6. The highest BCUT2D eigenvalue weighted by molar-refractivity contribution is 6.07. The summed E-state index contributed by atoms with van der Waals surface area (Å²) in [5, 5.41) is 20.2. The zero-order chi connectivity index (χ0) is 16.0. The predicted octanol–water partition coefficient (Wildman–Crippen LogP) is 2.77. The van der Waals surface area contributed by atoms with Crippen molar-refractivity contribution < 1.29 is 9.72 Å². The van der Waals surface area contributed by atoms with Crippen LogP contribution in [0.25, 0.3) is 0 Å². The smallest absolute Gasteiger partial charge is 0.269 e. The molecule has 21 heavy (non-hydrogen) atoms. The van der Waals surface area contributed by atoms with Gasteiger partial charge < -0.3 is 4.90 Å². The lowest BCUT2D eigenvalue weighted by Crippen LogP contribution is -2.39. The van der Waals surface area contributed by atoms with E-state index >= 15 is 0 Å². The second-order valence-electron chi connectivity index (χ2n) is 6.33. The fourth-order valence-corrected chi connectivity index (χ4v) is 3.06. The Morgan fingerprint density at radius 1 is 1.48 bits per heavy atom. The van der Waals surface area contributed by atoms with Crippen molar-refractivity contribution in [3.05, 3.63) is 33.9 Å². The Kier molecular flexibility index (Phi) is 3.25. The van der Waals surface area contributed by atoms with Crippen LogP contribution in [0.1, 0.15) is 32.8 Å². The third-order valence-electron chi connectivity index (χ3n) is 4.02. The molecule has 1 heterocycles. The van der Waals surface area contributed by atoms with Crippen LogP contribution in [0, 0.1) is 26.9 Å². The molecule has 1 aromatic carbocycles. The van der Waals surface area contributed by atoms with E-state index in [2.05, 4.69) is 6.07 Å². The minimum atomic E-state index is -0.921. The molecule has 6 heteroatoms. The van der Waals surface area contributed by atoms with E-state index in [0.29, 0.717) is 17.7 Å². The Labute approximate surface area is 123 Å². The standard InChI is InChI=1S/C15H17N3O3/c1-14(2,9-16)8-15(3)11-7-10(18(20)21)5-6-12(11)17(4)13(15)19/h5-7H,8H2,1-4H3/t15-/m0/s1. The summed E-state index contributed by atoms with van der Waals surface area (Å²) < 4.78 is 0. The molecule has 2 rings (SSSR count). The van der Waals surface area contributed by atoms with Crippen molar-refractivity contribution in [1.29, 1.82) is 5.26 Å². The number of hydrogen-bond acceptors (Lipinski definition) is 4. The summed E-state index contributed by atoms with van der Waals surface area (Å²) in [6.07, 6.45) is 0.313. The van der Waals surface area contributed by atoms with Crippen LogP contribution in [0.3, 0.4) is 0 Å². The Hall–Kier alpha value is -2.42. The molecule has 0 bridgehead atoms. The lowest BCUT2D eigenvalue weighted by molar-refractivity contribution is -0.384. The average molecular weight is 287 g/mol. The van der Waals surface area contributed by atoms with Crippen LogP contribution in [-0.4, -0.2) is 17.9 Å². The van der Waals surface area contributed by atoms with Crippen molar-refractivity contribution in [2.24, 2.45) is 5.41 Å². The minimum Gasteiger partial charge on any atom is -0.314 e. The van der Waals surface area contributed by atoms with E-state index < -0.39 is 15.8 Å². The Bertz CT molecular complexity index is 675. The number of non-ortho nitro benzene ring substituents is 1. The highest BCUT2D eigenvalue weighted by Crippen LogP contribution is 2.48. The van der Waals surface area contributed by atoms with Gasteiger partial charge in [0.05, 0.1) is 21.8 Å². The van der Waals surface area contributed by atoms with Gasteiger partial charge in [0.25, 0.3) is 5.69 Å². The molecule has 0 radical (unpaired) electrons. The molecule has 1 aliphatic rings. The van der Waals surface area contributed by atoms with Crippen LogP contribution in [0.5, 0.6) is 0 Å².